The second kappa shape index (κ2) is 9.11. The first-order valence-electron chi connectivity index (χ1n) is 10.1. The molecule has 0 aliphatic heterocycles. The summed E-state index contributed by atoms with van der Waals surface area (Å²) in [6, 6.07) is 1.76. The van der Waals surface area contributed by atoms with Crippen LogP contribution in [0.4, 0.5) is 0 Å². The Morgan fingerprint density at radius 3 is 2.55 bits per heavy atom. The van der Waals surface area contributed by atoms with Crippen molar-refractivity contribution in [3.05, 3.63) is 12.2 Å². The molecule has 0 spiro atoms. The van der Waals surface area contributed by atoms with Crippen LogP contribution in [-0.2, 0) is 0 Å². The third-order valence-electron chi connectivity index (χ3n) is 6.21. The Labute approximate surface area is 139 Å². The Balaban J connectivity index is 2.00. The lowest BCUT2D eigenvalue weighted by Gasteiger charge is -2.43. The molecule has 0 bridgehead atoms. The molecular weight excluding hydrogens is 266 g/mol. The molecule has 2 saturated carbocycles. The second-order valence-electron chi connectivity index (χ2n) is 8.11. The van der Waals surface area contributed by atoms with Crippen molar-refractivity contribution in [2.75, 3.05) is 6.54 Å². The maximum absolute atomic E-state index is 4.14. The molecule has 2 aliphatic carbocycles. The van der Waals surface area contributed by atoms with Crippen molar-refractivity contribution in [3.8, 4) is 0 Å². The standard InChI is InChI=1S/C21H39N/c1-5-7-14-22(21-11-9-8-10-19(21)6-2)20-13-12-18(16-20)15-17(3)4/h18-21H,3,5-16H2,1-2,4H3. The number of rotatable bonds is 8. The first kappa shape index (κ1) is 18.0. The molecule has 4 unspecified atom stereocenters. The van der Waals surface area contributed by atoms with E-state index in [9.17, 15) is 0 Å². The fourth-order valence-corrected chi connectivity index (χ4v) is 5.09. The van der Waals surface area contributed by atoms with Crippen molar-refractivity contribution in [2.45, 2.75) is 103 Å². The number of allylic oxidation sites excluding steroid dienone is 1. The van der Waals surface area contributed by atoms with Crippen LogP contribution in [0.5, 0.6) is 0 Å². The summed E-state index contributed by atoms with van der Waals surface area (Å²) < 4.78 is 0. The van der Waals surface area contributed by atoms with Crippen molar-refractivity contribution in [2.24, 2.45) is 11.8 Å². The molecule has 0 aromatic carbocycles. The van der Waals surface area contributed by atoms with E-state index in [1.54, 1.807) is 0 Å². The second-order valence-corrected chi connectivity index (χ2v) is 8.11. The molecule has 0 aromatic rings. The summed E-state index contributed by atoms with van der Waals surface area (Å²) in [4.78, 5) is 2.98. The van der Waals surface area contributed by atoms with Crippen molar-refractivity contribution < 1.29 is 0 Å². The summed E-state index contributed by atoms with van der Waals surface area (Å²) in [6.45, 7) is 12.5. The fourth-order valence-electron chi connectivity index (χ4n) is 5.09. The van der Waals surface area contributed by atoms with E-state index in [0.29, 0.717) is 0 Å². The summed E-state index contributed by atoms with van der Waals surface area (Å²) in [6.07, 6.45) is 15.5. The predicted molar refractivity (Wildman–Crippen MR) is 98.2 cm³/mol. The van der Waals surface area contributed by atoms with Gasteiger partial charge in [-0.05, 0) is 70.3 Å². The molecular formula is C21H39N. The van der Waals surface area contributed by atoms with Gasteiger partial charge < -0.3 is 0 Å². The quantitative estimate of drug-likeness (QED) is 0.483. The van der Waals surface area contributed by atoms with Gasteiger partial charge in [0.15, 0.2) is 0 Å². The van der Waals surface area contributed by atoms with E-state index in [1.165, 1.54) is 82.7 Å². The minimum atomic E-state index is 0.869. The van der Waals surface area contributed by atoms with Gasteiger partial charge >= 0.3 is 0 Å². The van der Waals surface area contributed by atoms with Gasteiger partial charge in [-0.1, -0.05) is 45.1 Å². The van der Waals surface area contributed by atoms with Gasteiger partial charge in [0.25, 0.3) is 0 Å². The highest BCUT2D eigenvalue weighted by atomic mass is 15.2. The van der Waals surface area contributed by atoms with Crippen LogP contribution in [0.1, 0.15) is 91.4 Å². The highest BCUT2D eigenvalue weighted by Crippen LogP contribution is 2.38. The van der Waals surface area contributed by atoms with Crippen LogP contribution in [0.3, 0.4) is 0 Å². The Kier molecular flexibility index (Phi) is 7.47. The molecule has 128 valence electrons. The zero-order chi connectivity index (χ0) is 15.9. The molecule has 0 N–H and O–H groups in total. The summed E-state index contributed by atoms with van der Waals surface area (Å²) in [5.74, 6) is 1.88. The van der Waals surface area contributed by atoms with Crippen LogP contribution in [0.2, 0.25) is 0 Å². The summed E-state index contributed by atoms with van der Waals surface area (Å²) in [5.41, 5.74) is 1.38. The monoisotopic (exact) mass is 305 g/mol. The molecule has 0 radical (unpaired) electrons. The van der Waals surface area contributed by atoms with E-state index in [-0.39, 0.29) is 0 Å². The van der Waals surface area contributed by atoms with Gasteiger partial charge in [0.2, 0.25) is 0 Å². The Morgan fingerprint density at radius 2 is 1.86 bits per heavy atom. The SMILES string of the molecule is C=C(C)CC1CCC(N(CCCC)C2CCCCC2CC)C1. The summed E-state index contributed by atoms with van der Waals surface area (Å²) in [5, 5.41) is 0. The van der Waals surface area contributed by atoms with E-state index < -0.39 is 0 Å². The normalized spacial score (nSPS) is 32.5. The molecule has 1 heteroatoms. The maximum atomic E-state index is 4.14. The van der Waals surface area contributed by atoms with Crippen LogP contribution in [0, 0.1) is 11.8 Å². The lowest BCUT2D eigenvalue weighted by atomic mass is 9.81. The molecule has 2 aliphatic rings. The first-order chi connectivity index (χ1) is 10.7. The number of unbranched alkanes of at least 4 members (excludes halogenated alkanes) is 1. The molecule has 0 amide bonds. The Hall–Kier alpha value is -0.300. The van der Waals surface area contributed by atoms with Crippen molar-refractivity contribution in [3.63, 3.8) is 0 Å². The molecule has 1 nitrogen and oxygen atoms in total. The van der Waals surface area contributed by atoms with Gasteiger partial charge in [-0.2, -0.15) is 0 Å². The molecule has 22 heavy (non-hydrogen) atoms. The van der Waals surface area contributed by atoms with Crippen LogP contribution in [0.25, 0.3) is 0 Å². The van der Waals surface area contributed by atoms with Gasteiger partial charge in [-0.15, -0.1) is 6.58 Å². The smallest absolute Gasteiger partial charge is 0.0126 e. The van der Waals surface area contributed by atoms with Gasteiger partial charge in [-0.3, -0.25) is 4.90 Å². The van der Waals surface area contributed by atoms with Crippen molar-refractivity contribution >= 4 is 0 Å². The van der Waals surface area contributed by atoms with Crippen LogP contribution in [-0.4, -0.2) is 23.5 Å². The first-order valence-corrected chi connectivity index (χ1v) is 10.1. The van der Waals surface area contributed by atoms with Gasteiger partial charge in [-0.25, -0.2) is 0 Å². The number of nitrogens with zero attached hydrogens (tertiary/aromatic N) is 1. The molecule has 4 atom stereocenters. The van der Waals surface area contributed by atoms with E-state index in [1.807, 2.05) is 0 Å². The molecule has 0 heterocycles. The third-order valence-corrected chi connectivity index (χ3v) is 6.21. The van der Waals surface area contributed by atoms with E-state index >= 15 is 0 Å². The topological polar surface area (TPSA) is 3.24 Å². The maximum Gasteiger partial charge on any atom is 0.0126 e. The number of hydrogen-bond donors (Lipinski definition) is 0. The minimum Gasteiger partial charge on any atom is -0.297 e. The third kappa shape index (κ3) is 4.85. The van der Waals surface area contributed by atoms with Gasteiger partial charge in [0.05, 0.1) is 0 Å². The summed E-state index contributed by atoms with van der Waals surface area (Å²) >= 11 is 0. The van der Waals surface area contributed by atoms with Gasteiger partial charge in [0.1, 0.15) is 0 Å². The molecule has 2 fully saturated rings. The van der Waals surface area contributed by atoms with Crippen molar-refractivity contribution in [1.82, 2.24) is 4.90 Å². The van der Waals surface area contributed by atoms with Crippen LogP contribution >= 0.6 is 0 Å². The minimum absolute atomic E-state index is 0.869. The highest BCUT2D eigenvalue weighted by molar-refractivity contribution is 4.96. The van der Waals surface area contributed by atoms with Gasteiger partial charge in [0, 0.05) is 12.1 Å². The van der Waals surface area contributed by atoms with E-state index in [0.717, 1.165) is 23.9 Å². The Morgan fingerprint density at radius 1 is 1.09 bits per heavy atom. The average Bonchev–Trinajstić information content (AvgIpc) is 2.95. The van der Waals surface area contributed by atoms with Crippen LogP contribution < -0.4 is 0 Å². The average molecular weight is 306 g/mol. The molecule has 0 aromatic heterocycles. The lowest BCUT2D eigenvalue weighted by Crippen LogP contribution is -2.47. The zero-order valence-corrected chi connectivity index (χ0v) is 15.4. The fraction of sp³-hybridized carbons (Fsp3) is 0.905. The predicted octanol–water partition coefficient (Wildman–Crippen LogP) is 6.19. The summed E-state index contributed by atoms with van der Waals surface area (Å²) in [7, 11) is 0. The van der Waals surface area contributed by atoms with E-state index in [2.05, 4.69) is 32.3 Å². The molecule has 0 saturated heterocycles. The molecule has 2 rings (SSSR count). The lowest BCUT2D eigenvalue weighted by molar-refractivity contribution is 0.0596. The largest absolute Gasteiger partial charge is 0.297 e. The number of hydrogen-bond acceptors (Lipinski definition) is 1. The Bertz CT molecular complexity index is 335. The van der Waals surface area contributed by atoms with Crippen molar-refractivity contribution in [1.29, 1.82) is 0 Å². The van der Waals surface area contributed by atoms with Crippen LogP contribution in [0.15, 0.2) is 12.2 Å². The zero-order valence-electron chi connectivity index (χ0n) is 15.4. The van der Waals surface area contributed by atoms with E-state index in [4.69, 9.17) is 0 Å². The highest BCUT2D eigenvalue weighted by Gasteiger charge is 2.36.